The van der Waals surface area contributed by atoms with Gasteiger partial charge in [-0.15, -0.1) is 23.1 Å². The van der Waals surface area contributed by atoms with Crippen molar-refractivity contribution in [2.45, 2.75) is 17.1 Å². The Morgan fingerprint density at radius 2 is 1.64 bits per heavy atom. The number of carbonyl (C=O) groups is 3. The predicted octanol–water partition coefficient (Wildman–Crippen LogP) is 6.65. The second-order valence-corrected chi connectivity index (χ2v) is 9.78. The second kappa shape index (κ2) is 12.2. The van der Waals surface area contributed by atoms with Gasteiger partial charge in [0.2, 0.25) is 5.91 Å². The third-order valence-electron chi connectivity index (χ3n) is 5.09. The molecule has 1 atom stereocenters. The zero-order chi connectivity index (χ0) is 25.3. The molecule has 3 aromatic carbocycles. The van der Waals surface area contributed by atoms with Gasteiger partial charge >= 0.3 is 5.97 Å². The number of esters is 1. The minimum absolute atomic E-state index is 0.171. The minimum Gasteiger partial charge on any atom is -0.462 e. The first kappa shape index (κ1) is 25.2. The van der Waals surface area contributed by atoms with Crippen molar-refractivity contribution >= 4 is 52.3 Å². The van der Waals surface area contributed by atoms with E-state index in [1.165, 1.54) is 23.1 Å². The van der Waals surface area contributed by atoms with Crippen LogP contribution in [0, 0.1) is 0 Å². The Kier molecular flexibility index (Phi) is 8.54. The zero-order valence-corrected chi connectivity index (χ0v) is 21.1. The molecule has 6 nitrogen and oxygen atoms in total. The van der Waals surface area contributed by atoms with Crippen molar-refractivity contribution in [3.05, 3.63) is 112 Å². The van der Waals surface area contributed by atoms with Crippen molar-refractivity contribution in [1.82, 2.24) is 0 Å². The minimum atomic E-state index is -0.542. The SMILES string of the molecule is CCOC(=O)c1ccc(NC(=O)C(Sc2cccc(NC(=O)c3cccs3)c2)c2ccccc2)cc1. The molecule has 2 N–H and O–H groups in total. The van der Waals surface area contributed by atoms with Gasteiger partial charge in [0.1, 0.15) is 5.25 Å². The van der Waals surface area contributed by atoms with E-state index in [9.17, 15) is 14.4 Å². The number of amides is 2. The second-order valence-electron chi connectivity index (χ2n) is 7.65. The van der Waals surface area contributed by atoms with Crippen LogP contribution in [-0.4, -0.2) is 24.4 Å². The molecule has 182 valence electrons. The number of nitrogens with one attached hydrogen (secondary N) is 2. The van der Waals surface area contributed by atoms with Gasteiger partial charge in [0.05, 0.1) is 17.0 Å². The van der Waals surface area contributed by atoms with Gasteiger partial charge in [-0.3, -0.25) is 9.59 Å². The lowest BCUT2D eigenvalue weighted by molar-refractivity contribution is -0.115. The number of anilines is 2. The van der Waals surface area contributed by atoms with Crippen LogP contribution in [0.5, 0.6) is 0 Å². The average Bonchev–Trinajstić information content (AvgIpc) is 3.44. The Hall–Kier alpha value is -3.88. The molecular formula is C28H24N2O4S2. The summed E-state index contributed by atoms with van der Waals surface area (Å²) in [7, 11) is 0. The maximum absolute atomic E-state index is 13.4. The molecule has 0 saturated heterocycles. The molecule has 0 aliphatic heterocycles. The van der Waals surface area contributed by atoms with Gasteiger partial charge in [0.15, 0.2) is 0 Å². The van der Waals surface area contributed by atoms with Crippen molar-refractivity contribution in [2.24, 2.45) is 0 Å². The molecule has 4 aromatic rings. The van der Waals surface area contributed by atoms with Crippen LogP contribution < -0.4 is 10.6 Å². The van der Waals surface area contributed by atoms with Crippen LogP contribution in [-0.2, 0) is 9.53 Å². The molecule has 0 spiro atoms. The van der Waals surface area contributed by atoms with Gasteiger partial charge < -0.3 is 15.4 Å². The number of thiophene rings is 1. The van der Waals surface area contributed by atoms with E-state index in [1.807, 2.05) is 66.0 Å². The van der Waals surface area contributed by atoms with Crippen LogP contribution in [0.25, 0.3) is 0 Å². The third kappa shape index (κ3) is 6.62. The van der Waals surface area contributed by atoms with Gasteiger partial charge in [0, 0.05) is 16.3 Å². The van der Waals surface area contributed by atoms with Crippen LogP contribution in [0.2, 0.25) is 0 Å². The van der Waals surface area contributed by atoms with Crippen molar-refractivity contribution in [3.63, 3.8) is 0 Å². The maximum atomic E-state index is 13.4. The lowest BCUT2D eigenvalue weighted by Gasteiger charge is -2.18. The molecule has 1 aromatic heterocycles. The molecule has 0 fully saturated rings. The van der Waals surface area contributed by atoms with Crippen LogP contribution in [0.4, 0.5) is 11.4 Å². The fourth-order valence-electron chi connectivity index (χ4n) is 3.40. The monoisotopic (exact) mass is 516 g/mol. The molecule has 1 unspecified atom stereocenters. The van der Waals surface area contributed by atoms with Gasteiger partial charge in [-0.1, -0.05) is 42.5 Å². The fraction of sp³-hybridized carbons (Fsp3) is 0.107. The van der Waals surface area contributed by atoms with Gasteiger partial charge in [-0.2, -0.15) is 0 Å². The highest BCUT2D eigenvalue weighted by Gasteiger charge is 2.23. The van der Waals surface area contributed by atoms with E-state index in [-0.39, 0.29) is 11.8 Å². The van der Waals surface area contributed by atoms with Gasteiger partial charge in [-0.05, 0) is 66.4 Å². The molecule has 0 aliphatic carbocycles. The topological polar surface area (TPSA) is 84.5 Å². The summed E-state index contributed by atoms with van der Waals surface area (Å²) in [6, 6.07) is 27.1. The van der Waals surface area contributed by atoms with Crippen molar-refractivity contribution in [1.29, 1.82) is 0 Å². The lowest BCUT2D eigenvalue weighted by Crippen LogP contribution is -2.19. The van der Waals surface area contributed by atoms with E-state index < -0.39 is 11.2 Å². The smallest absolute Gasteiger partial charge is 0.338 e. The summed E-state index contributed by atoms with van der Waals surface area (Å²) in [5.74, 6) is -0.780. The van der Waals surface area contributed by atoms with E-state index in [0.717, 1.165) is 10.5 Å². The summed E-state index contributed by atoms with van der Waals surface area (Å²) in [6.45, 7) is 2.05. The number of ether oxygens (including phenoxy) is 1. The average molecular weight is 517 g/mol. The van der Waals surface area contributed by atoms with Crippen LogP contribution in [0.3, 0.4) is 0 Å². The Morgan fingerprint density at radius 3 is 2.33 bits per heavy atom. The van der Waals surface area contributed by atoms with E-state index in [1.54, 1.807) is 37.3 Å². The highest BCUT2D eigenvalue weighted by atomic mass is 32.2. The Labute approximate surface area is 217 Å². The molecule has 0 aliphatic rings. The summed E-state index contributed by atoms with van der Waals surface area (Å²) in [5, 5.41) is 7.17. The third-order valence-corrected chi connectivity index (χ3v) is 7.21. The Balaban J connectivity index is 1.50. The molecule has 0 radical (unpaired) electrons. The van der Waals surface area contributed by atoms with Crippen LogP contribution in [0.15, 0.2) is 101 Å². The Morgan fingerprint density at radius 1 is 0.861 bits per heavy atom. The van der Waals surface area contributed by atoms with Gasteiger partial charge in [-0.25, -0.2) is 4.79 Å². The first-order valence-electron chi connectivity index (χ1n) is 11.3. The molecule has 36 heavy (non-hydrogen) atoms. The molecular weight excluding hydrogens is 492 g/mol. The normalized spacial score (nSPS) is 11.4. The van der Waals surface area contributed by atoms with E-state index >= 15 is 0 Å². The van der Waals surface area contributed by atoms with Crippen LogP contribution in [0.1, 0.15) is 37.8 Å². The summed E-state index contributed by atoms with van der Waals surface area (Å²) in [4.78, 5) is 39.2. The van der Waals surface area contributed by atoms with Crippen molar-refractivity contribution in [3.8, 4) is 0 Å². The highest BCUT2D eigenvalue weighted by molar-refractivity contribution is 8.00. The first-order chi connectivity index (χ1) is 17.5. The van der Waals surface area contributed by atoms with Crippen LogP contribution >= 0.6 is 23.1 Å². The van der Waals surface area contributed by atoms with Crippen molar-refractivity contribution in [2.75, 3.05) is 17.2 Å². The summed E-state index contributed by atoms with van der Waals surface area (Å²) in [6.07, 6.45) is 0. The number of benzene rings is 3. The quantitative estimate of drug-likeness (QED) is 0.192. The first-order valence-corrected chi connectivity index (χ1v) is 13.0. The number of rotatable bonds is 9. The Bertz CT molecular complexity index is 1320. The summed E-state index contributed by atoms with van der Waals surface area (Å²) in [5.41, 5.74) is 2.49. The number of carbonyl (C=O) groups excluding carboxylic acids is 3. The predicted molar refractivity (Wildman–Crippen MR) is 145 cm³/mol. The molecule has 8 heteroatoms. The fourth-order valence-corrected chi connectivity index (χ4v) is 5.10. The molecule has 1 heterocycles. The summed E-state index contributed by atoms with van der Waals surface area (Å²) >= 11 is 2.76. The number of hydrogen-bond acceptors (Lipinski definition) is 6. The molecule has 2 amide bonds. The highest BCUT2D eigenvalue weighted by Crippen LogP contribution is 2.37. The molecule has 4 rings (SSSR count). The standard InChI is InChI=1S/C28H24N2O4S2/c1-2-34-28(33)20-13-15-21(16-14-20)29-27(32)25(19-8-4-3-5-9-19)36-23-11-6-10-22(18-23)30-26(31)24-12-7-17-35-24/h3-18,25H,2H2,1H3,(H,29,32)(H,30,31). The van der Waals surface area contributed by atoms with Crippen molar-refractivity contribution < 1.29 is 19.1 Å². The largest absolute Gasteiger partial charge is 0.462 e. The molecule has 0 bridgehead atoms. The lowest BCUT2D eigenvalue weighted by atomic mass is 10.1. The zero-order valence-electron chi connectivity index (χ0n) is 19.5. The van der Waals surface area contributed by atoms with E-state index in [0.29, 0.717) is 28.4 Å². The van der Waals surface area contributed by atoms with E-state index in [4.69, 9.17) is 4.74 Å². The van der Waals surface area contributed by atoms with E-state index in [2.05, 4.69) is 10.6 Å². The number of thioether (sulfide) groups is 1. The summed E-state index contributed by atoms with van der Waals surface area (Å²) < 4.78 is 5.01. The molecule has 0 saturated carbocycles. The van der Waals surface area contributed by atoms with Gasteiger partial charge in [0.25, 0.3) is 5.91 Å². The number of hydrogen-bond donors (Lipinski definition) is 2. The maximum Gasteiger partial charge on any atom is 0.338 e.